The highest BCUT2D eigenvalue weighted by Gasteiger charge is 2.85. The van der Waals surface area contributed by atoms with Crippen molar-refractivity contribution in [2.45, 2.75) is 166 Å². The van der Waals surface area contributed by atoms with Crippen LogP contribution in [0.3, 0.4) is 0 Å². The first-order valence-corrected chi connectivity index (χ1v) is 23.4. The topological polar surface area (TPSA) is 136 Å². The lowest BCUT2D eigenvalue weighted by molar-refractivity contribution is -0.224. The first kappa shape index (κ1) is 40.3. The molecule has 18 atom stereocenters. The first-order chi connectivity index (χ1) is 28.1. The van der Waals surface area contributed by atoms with Gasteiger partial charge >= 0.3 is 17.6 Å². The lowest BCUT2D eigenvalue weighted by Gasteiger charge is -2.63. The maximum absolute atomic E-state index is 12.1. The van der Waals surface area contributed by atoms with E-state index in [1.54, 1.807) is 6.07 Å². The number of rotatable bonds is 3. The molecule has 1 spiro atoms. The largest absolute Gasteiger partial charge is 0.465 e. The van der Waals surface area contributed by atoms with Gasteiger partial charge in [0, 0.05) is 37.2 Å². The zero-order valence-corrected chi connectivity index (χ0v) is 36.0. The quantitative estimate of drug-likeness (QED) is 0.228. The molecule has 0 amide bonds. The van der Waals surface area contributed by atoms with Crippen LogP contribution in [0, 0.1) is 69.0 Å². The van der Waals surface area contributed by atoms with E-state index in [0.717, 1.165) is 73.7 Å². The molecule has 0 aromatic carbocycles. The van der Waals surface area contributed by atoms with E-state index in [2.05, 4.69) is 52.0 Å². The van der Waals surface area contributed by atoms with Gasteiger partial charge in [-0.05, 0) is 159 Å². The molecule has 2 saturated heterocycles. The third kappa shape index (κ3) is 5.74. The summed E-state index contributed by atoms with van der Waals surface area (Å²) in [4.78, 5) is 35.2. The molecule has 7 saturated carbocycles. The number of fused-ring (bicyclic) bond motifs is 8. The average molecular weight is 813 g/mol. The molecule has 1 aromatic heterocycles. The molecule has 9 fully saturated rings. The molecule has 2 aliphatic heterocycles. The fourth-order valence-electron chi connectivity index (χ4n) is 17.3. The van der Waals surface area contributed by atoms with Gasteiger partial charge in [-0.15, -0.1) is 0 Å². The Balaban J connectivity index is 0.000000147. The number of allylic oxidation sites excluding steroid dienone is 4. The van der Waals surface area contributed by atoms with Gasteiger partial charge in [0.05, 0.1) is 24.6 Å². The molecule has 9 nitrogen and oxygen atoms in total. The van der Waals surface area contributed by atoms with E-state index >= 15 is 0 Å². The van der Waals surface area contributed by atoms with Crippen molar-refractivity contribution in [3.8, 4) is 0 Å². The van der Waals surface area contributed by atoms with E-state index < -0.39 is 29.0 Å². The van der Waals surface area contributed by atoms with Gasteiger partial charge in [-0.3, -0.25) is 9.59 Å². The van der Waals surface area contributed by atoms with Crippen molar-refractivity contribution >= 4 is 11.9 Å². The number of carbonyl (C=O) groups is 2. The van der Waals surface area contributed by atoms with Crippen molar-refractivity contribution < 1.29 is 38.4 Å². The van der Waals surface area contributed by atoms with Crippen LogP contribution in [0.25, 0.3) is 0 Å². The van der Waals surface area contributed by atoms with E-state index in [1.165, 1.54) is 57.8 Å². The molecule has 59 heavy (non-hydrogen) atoms. The number of ether oxygens (including phenoxy) is 3. The SMILES string of the molecule is CC(=O)O[C@H]1[C@H]2O[C@]23[C@@H]2CC[C@]4(O)C[C@@H](O)CC[C@]4(C)[C@H]2CC[C@]3(C)[C@H]1c1ccc(=O)oc1.C[C@]12CC[C@H]3[C@@H](CCC4C=CC=C[C@@]43C)[C@H]1CC[C@@H]2[C@H]1CCC(=O)OC1. The monoisotopic (exact) mass is 812 g/mol. The van der Waals surface area contributed by atoms with Crippen LogP contribution in [-0.2, 0) is 23.8 Å². The second-order valence-electron chi connectivity index (χ2n) is 22.2. The summed E-state index contributed by atoms with van der Waals surface area (Å²) in [6, 6.07) is 3.23. The third-order valence-corrected chi connectivity index (χ3v) is 20.2. The van der Waals surface area contributed by atoms with Crippen LogP contribution in [0.5, 0.6) is 0 Å². The third-order valence-electron chi connectivity index (χ3n) is 20.2. The minimum atomic E-state index is -0.850. The molecule has 8 aliphatic carbocycles. The van der Waals surface area contributed by atoms with Crippen LogP contribution in [-0.4, -0.2) is 58.3 Å². The van der Waals surface area contributed by atoms with E-state index in [9.17, 15) is 24.6 Å². The molecular weight excluding hydrogens is 745 g/mol. The highest BCUT2D eigenvalue weighted by Crippen LogP contribution is 2.79. The van der Waals surface area contributed by atoms with Crippen LogP contribution < -0.4 is 5.63 Å². The number of aliphatic hydroxyl groups is 2. The van der Waals surface area contributed by atoms with Crippen molar-refractivity contribution in [1.29, 1.82) is 0 Å². The fourth-order valence-corrected chi connectivity index (χ4v) is 17.3. The molecule has 1 aromatic rings. The summed E-state index contributed by atoms with van der Waals surface area (Å²) in [5, 5.41) is 22.0. The molecule has 0 bridgehead atoms. The molecule has 0 radical (unpaired) electrons. The smallest absolute Gasteiger partial charge is 0.335 e. The molecule has 322 valence electrons. The zero-order valence-electron chi connectivity index (χ0n) is 36.0. The number of epoxide rings is 1. The van der Waals surface area contributed by atoms with Gasteiger partial charge in [-0.25, -0.2) is 4.79 Å². The summed E-state index contributed by atoms with van der Waals surface area (Å²) in [7, 11) is 0. The summed E-state index contributed by atoms with van der Waals surface area (Å²) >= 11 is 0. The average Bonchev–Trinajstić information content (AvgIpc) is 3.78. The number of esters is 2. The Morgan fingerprint density at radius 2 is 1.58 bits per heavy atom. The molecule has 10 aliphatic rings. The number of aliphatic hydroxyl groups excluding tert-OH is 1. The maximum atomic E-state index is 12.1. The van der Waals surface area contributed by atoms with Crippen LogP contribution >= 0.6 is 0 Å². The van der Waals surface area contributed by atoms with Gasteiger partial charge in [-0.1, -0.05) is 52.0 Å². The molecule has 3 heterocycles. The Morgan fingerprint density at radius 3 is 2.32 bits per heavy atom. The second kappa shape index (κ2) is 13.9. The van der Waals surface area contributed by atoms with Gasteiger partial charge in [0.15, 0.2) is 0 Å². The summed E-state index contributed by atoms with van der Waals surface area (Å²) in [6.45, 7) is 11.7. The zero-order chi connectivity index (χ0) is 41.3. The lowest BCUT2D eigenvalue weighted by atomic mass is 9.42. The Morgan fingerprint density at radius 1 is 0.814 bits per heavy atom. The van der Waals surface area contributed by atoms with Crippen LogP contribution in [0.4, 0.5) is 0 Å². The van der Waals surface area contributed by atoms with Gasteiger partial charge in [-0.2, -0.15) is 0 Å². The van der Waals surface area contributed by atoms with Crippen LogP contribution in [0.15, 0.2) is 51.9 Å². The molecule has 9 heteroatoms. The van der Waals surface area contributed by atoms with Crippen molar-refractivity contribution in [2.24, 2.45) is 69.0 Å². The highest BCUT2D eigenvalue weighted by atomic mass is 16.7. The van der Waals surface area contributed by atoms with Gasteiger partial charge in [0.1, 0.15) is 17.8 Å². The Kier molecular flexibility index (Phi) is 9.49. The summed E-state index contributed by atoms with van der Waals surface area (Å²) in [5.41, 5.74) is -0.478. The number of cyclic esters (lactones) is 1. The van der Waals surface area contributed by atoms with Crippen molar-refractivity contribution in [3.05, 3.63) is 58.7 Å². The minimum Gasteiger partial charge on any atom is -0.465 e. The van der Waals surface area contributed by atoms with Gasteiger partial charge in [0.2, 0.25) is 0 Å². The van der Waals surface area contributed by atoms with Crippen LogP contribution in [0.2, 0.25) is 0 Å². The van der Waals surface area contributed by atoms with Crippen LogP contribution in [0.1, 0.15) is 142 Å². The Labute approximate surface area is 350 Å². The molecular formula is C50H68O9. The highest BCUT2D eigenvalue weighted by molar-refractivity contribution is 5.70. The maximum Gasteiger partial charge on any atom is 0.335 e. The standard InChI is InChI=1S/C26H34O7.C24H34O2/c1-14(27)32-21-20(15-4-5-19(29)31-13-15)24(3)10-7-17-18(26(24)22(21)33-26)8-11-25(30)12-16(28)6-9-23(17,25)2;1-23-13-4-3-5-17(23)7-8-18-20-10-9-19(16-6-11-22(25)26-15-16)24(20,2)14-12-21(18)23/h4-5,13,16-18,20-22,28,30H,6-12H2,1-3H3;3-5,13,16-21H,6-12,14-15H2,1-2H3/t16-,17-,18+,20-,21+,22+,23+,24+,25-,26+;16-,17?,18-,19+,20+,21-,23-,24+/m00/s1. The molecule has 2 N–H and O–H groups in total. The first-order valence-electron chi connectivity index (χ1n) is 23.4. The number of carbonyl (C=O) groups excluding carboxylic acids is 2. The fraction of sp³-hybridized carbons (Fsp3) is 0.780. The van der Waals surface area contributed by atoms with E-state index in [-0.39, 0.29) is 46.6 Å². The summed E-state index contributed by atoms with van der Waals surface area (Å²) in [5.74, 6) is 4.91. The Bertz CT molecular complexity index is 1940. The minimum absolute atomic E-state index is 0.0213. The van der Waals surface area contributed by atoms with E-state index in [0.29, 0.717) is 42.6 Å². The summed E-state index contributed by atoms with van der Waals surface area (Å²) in [6.07, 6.45) is 25.4. The normalized spacial score (nSPS) is 52.4. The summed E-state index contributed by atoms with van der Waals surface area (Å²) < 4.78 is 23.2. The molecule has 11 rings (SSSR count). The second-order valence-corrected chi connectivity index (χ2v) is 22.2. The van der Waals surface area contributed by atoms with Crippen molar-refractivity contribution in [2.75, 3.05) is 6.61 Å². The lowest BCUT2D eigenvalue weighted by Crippen LogP contribution is -2.65. The number of hydrogen-bond acceptors (Lipinski definition) is 9. The van der Waals surface area contributed by atoms with E-state index in [4.69, 9.17) is 18.6 Å². The predicted molar refractivity (Wildman–Crippen MR) is 221 cm³/mol. The van der Waals surface area contributed by atoms with Gasteiger partial charge < -0.3 is 28.8 Å². The number of hydrogen-bond donors (Lipinski definition) is 2. The van der Waals surface area contributed by atoms with Crippen molar-refractivity contribution in [3.63, 3.8) is 0 Å². The van der Waals surface area contributed by atoms with Gasteiger partial charge in [0.25, 0.3) is 0 Å². The Hall–Kier alpha value is -2.75. The predicted octanol–water partition coefficient (Wildman–Crippen LogP) is 8.46. The van der Waals surface area contributed by atoms with E-state index in [1.807, 2.05) is 0 Å². The van der Waals surface area contributed by atoms with Crippen molar-refractivity contribution in [1.82, 2.24) is 0 Å². The molecule has 1 unspecified atom stereocenters.